The van der Waals surface area contributed by atoms with Crippen molar-refractivity contribution >= 4 is 56.5 Å². The predicted molar refractivity (Wildman–Crippen MR) is 170 cm³/mol. The largest absolute Gasteiger partial charge is 0.422 e. The van der Waals surface area contributed by atoms with Crippen molar-refractivity contribution in [2.24, 2.45) is 0 Å². The Labute approximate surface area is 255 Å². The molecule has 0 bridgehead atoms. The number of ketones is 2. The van der Waals surface area contributed by atoms with Gasteiger partial charge < -0.3 is 19.4 Å². The number of fused-ring (bicyclic) bond motifs is 2. The number of allylic oxidation sites excluding steroid dienone is 6. The second-order valence-corrected chi connectivity index (χ2v) is 11.3. The van der Waals surface area contributed by atoms with E-state index in [4.69, 9.17) is 9.47 Å². The van der Waals surface area contributed by atoms with Crippen LogP contribution in [0, 0.1) is 0 Å². The SMILES string of the molecule is CC(=O)OC1=C(c2c(CC=C(C)C)[nH]c3ccccc23)C(=O)C(OC(C)=O)=C(c2c(CC=C(C)C)[nH]c3ccccc23)C1=O. The number of H-pyrrole nitrogens is 2. The van der Waals surface area contributed by atoms with Crippen LogP contribution in [0.25, 0.3) is 33.0 Å². The van der Waals surface area contributed by atoms with Gasteiger partial charge in [-0.15, -0.1) is 0 Å². The van der Waals surface area contributed by atoms with Crippen LogP contribution < -0.4 is 0 Å². The Kier molecular flexibility index (Phi) is 8.36. The maximum Gasteiger partial charge on any atom is 0.308 e. The number of Topliss-reactive ketones (excluding diaryl/α,β-unsaturated/α-hetero) is 2. The molecule has 2 heterocycles. The van der Waals surface area contributed by atoms with E-state index in [0.717, 1.165) is 22.2 Å². The maximum atomic E-state index is 14.7. The average molecular weight is 591 g/mol. The zero-order chi connectivity index (χ0) is 31.7. The van der Waals surface area contributed by atoms with Gasteiger partial charge in [-0.05, 0) is 39.8 Å². The Morgan fingerprint density at radius 3 is 1.32 bits per heavy atom. The molecule has 0 saturated carbocycles. The van der Waals surface area contributed by atoms with Gasteiger partial charge in [-0.25, -0.2) is 0 Å². The standard InChI is InChI=1S/C36H34N2O6/c1-19(2)15-17-27-29(23-11-7-9-13-25(23)37-27)31-33(41)36(44-22(6)40)32(34(42)35(31)43-21(5)39)30-24-12-8-10-14-26(24)38-28(30)18-16-20(3)4/h7-16,37-38H,17-18H2,1-6H3. The zero-order valence-corrected chi connectivity index (χ0v) is 25.6. The van der Waals surface area contributed by atoms with E-state index in [2.05, 4.69) is 9.97 Å². The Hall–Kier alpha value is -5.24. The summed E-state index contributed by atoms with van der Waals surface area (Å²) < 4.78 is 11.2. The smallest absolute Gasteiger partial charge is 0.308 e. The molecule has 1 aliphatic carbocycles. The topological polar surface area (TPSA) is 118 Å². The molecule has 1 aliphatic rings. The fourth-order valence-corrected chi connectivity index (χ4v) is 5.48. The monoisotopic (exact) mass is 590 g/mol. The lowest BCUT2D eigenvalue weighted by Crippen LogP contribution is -2.28. The van der Waals surface area contributed by atoms with Gasteiger partial charge in [0.05, 0.1) is 11.1 Å². The molecule has 8 heteroatoms. The lowest BCUT2D eigenvalue weighted by atomic mass is 9.83. The van der Waals surface area contributed by atoms with Gasteiger partial charge in [-0.3, -0.25) is 19.2 Å². The molecular weight excluding hydrogens is 556 g/mol. The van der Waals surface area contributed by atoms with Gasteiger partial charge in [0.25, 0.3) is 0 Å². The first-order valence-electron chi connectivity index (χ1n) is 14.4. The van der Waals surface area contributed by atoms with E-state index >= 15 is 0 Å². The number of aromatic amines is 2. The highest BCUT2D eigenvalue weighted by Gasteiger charge is 2.43. The fraction of sp³-hybridized carbons (Fsp3) is 0.222. The highest BCUT2D eigenvalue weighted by molar-refractivity contribution is 6.49. The molecule has 0 unspecified atom stereocenters. The molecule has 0 amide bonds. The van der Waals surface area contributed by atoms with Crippen molar-refractivity contribution < 1.29 is 28.7 Å². The van der Waals surface area contributed by atoms with Crippen molar-refractivity contribution in [3.05, 3.63) is 106 Å². The number of hydrogen-bond donors (Lipinski definition) is 2. The summed E-state index contributed by atoms with van der Waals surface area (Å²) in [4.78, 5) is 61.0. The molecule has 8 nitrogen and oxygen atoms in total. The van der Waals surface area contributed by atoms with Crippen molar-refractivity contribution in [2.45, 2.75) is 54.4 Å². The van der Waals surface area contributed by atoms with Gasteiger partial charge in [0.1, 0.15) is 0 Å². The third-order valence-electron chi connectivity index (χ3n) is 7.31. The van der Waals surface area contributed by atoms with Crippen LogP contribution in [-0.4, -0.2) is 33.5 Å². The number of aromatic nitrogens is 2. The molecule has 0 aliphatic heterocycles. The molecule has 4 aromatic rings. The van der Waals surface area contributed by atoms with Crippen LogP contribution in [0.3, 0.4) is 0 Å². The average Bonchev–Trinajstić information content (AvgIpc) is 3.51. The van der Waals surface area contributed by atoms with E-state index in [0.29, 0.717) is 46.1 Å². The summed E-state index contributed by atoms with van der Waals surface area (Å²) in [5.74, 6) is -3.79. The summed E-state index contributed by atoms with van der Waals surface area (Å²) in [7, 11) is 0. The van der Waals surface area contributed by atoms with Gasteiger partial charge in [0, 0.05) is 71.0 Å². The van der Waals surface area contributed by atoms with Crippen LogP contribution in [0.15, 0.2) is 83.3 Å². The third kappa shape index (κ3) is 5.71. The summed E-state index contributed by atoms with van der Waals surface area (Å²) in [5.41, 5.74) is 5.45. The van der Waals surface area contributed by atoms with Gasteiger partial charge in [0.15, 0.2) is 11.5 Å². The normalized spacial score (nSPS) is 13.5. The summed E-state index contributed by atoms with van der Waals surface area (Å²) in [6, 6.07) is 14.7. The minimum Gasteiger partial charge on any atom is -0.422 e. The van der Waals surface area contributed by atoms with E-state index in [1.54, 1.807) is 0 Å². The van der Waals surface area contributed by atoms with E-state index < -0.39 is 35.0 Å². The van der Waals surface area contributed by atoms with Crippen LogP contribution in [0.1, 0.15) is 64.1 Å². The van der Waals surface area contributed by atoms with Crippen molar-refractivity contribution in [2.75, 3.05) is 0 Å². The second kappa shape index (κ2) is 12.2. The summed E-state index contributed by atoms with van der Waals surface area (Å²) in [6.07, 6.45) is 4.81. The maximum absolute atomic E-state index is 14.7. The Bertz CT molecular complexity index is 1840. The first kappa shape index (κ1) is 30.2. The summed E-state index contributed by atoms with van der Waals surface area (Å²) in [6.45, 7) is 10.2. The second-order valence-electron chi connectivity index (χ2n) is 11.3. The first-order valence-corrected chi connectivity index (χ1v) is 14.4. The molecule has 2 aromatic carbocycles. The van der Waals surface area contributed by atoms with Gasteiger partial charge in [0.2, 0.25) is 11.6 Å². The molecule has 2 aromatic heterocycles. The molecule has 0 spiro atoms. The van der Waals surface area contributed by atoms with Gasteiger partial charge in [-0.1, -0.05) is 59.7 Å². The lowest BCUT2D eigenvalue weighted by molar-refractivity contribution is -0.141. The molecule has 5 rings (SSSR count). The Morgan fingerprint density at radius 1 is 0.614 bits per heavy atom. The number of ether oxygens (including phenoxy) is 2. The fourth-order valence-electron chi connectivity index (χ4n) is 5.48. The van der Waals surface area contributed by atoms with Crippen molar-refractivity contribution in [1.29, 1.82) is 0 Å². The molecular formula is C36H34N2O6. The number of carbonyl (C=O) groups is 4. The summed E-state index contributed by atoms with van der Waals surface area (Å²) >= 11 is 0. The predicted octanol–water partition coefficient (Wildman–Crippen LogP) is 7.07. The minimum atomic E-state index is -0.761. The number of nitrogens with one attached hydrogen (secondary N) is 2. The van der Waals surface area contributed by atoms with Gasteiger partial charge >= 0.3 is 11.9 Å². The Balaban J connectivity index is 1.86. The molecule has 0 atom stereocenters. The van der Waals surface area contributed by atoms with Crippen molar-refractivity contribution in [3.63, 3.8) is 0 Å². The molecule has 44 heavy (non-hydrogen) atoms. The van der Waals surface area contributed by atoms with Crippen molar-refractivity contribution in [1.82, 2.24) is 9.97 Å². The van der Waals surface area contributed by atoms with E-state index in [1.165, 1.54) is 13.8 Å². The third-order valence-corrected chi connectivity index (χ3v) is 7.31. The van der Waals surface area contributed by atoms with E-state index in [-0.39, 0.29) is 11.1 Å². The molecule has 0 fully saturated rings. The first-order chi connectivity index (χ1) is 21.0. The molecule has 224 valence electrons. The highest BCUT2D eigenvalue weighted by Crippen LogP contribution is 2.43. The zero-order valence-electron chi connectivity index (χ0n) is 25.6. The van der Waals surface area contributed by atoms with E-state index in [9.17, 15) is 19.2 Å². The van der Waals surface area contributed by atoms with Crippen LogP contribution in [0.2, 0.25) is 0 Å². The lowest BCUT2D eigenvalue weighted by Gasteiger charge is -2.23. The molecule has 0 saturated heterocycles. The number of carbonyl (C=O) groups excluding carboxylic acids is 4. The number of rotatable bonds is 8. The quantitative estimate of drug-likeness (QED) is 0.129. The molecule has 2 N–H and O–H groups in total. The van der Waals surface area contributed by atoms with Crippen molar-refractivity contribution in [3.8, 4) is 0 Å². The van der Waals surface area contributed by atoms with Crippen LogP contribution >= 0.6 is 0 Å². The highest BCUT2D eigenvalue weighted by atomic mass is 16.5. The number of esters is 2. The number of benzene rings is 2. The minimum absolute atomic E-state index is 0.134. The van der Waals surface area contributed by atoms with Gasteiger partial charge in [-0.2, -0.15) is 0 Å². The van der Waals surface area contributed by atoms with Crippen LogP contribution in [0.4, 0.5) is 0 Å². The van der Waals surface area contributed by atoms with E-state index in [1.807, 2.05) is 88.4 Å². The summed E-state index contributed by atoms with van der Waals surface area (Å²) in [5, 5.41) is 1.32. The number of para-hydroxylation sites is 2. The molecule has 0 radical (unpaired) electrons. The van der Waals surface area contributed by atoms with Crippen LogP contribution in [-0.2, 0) is 41.5 Å². The number of hydrogen-bond acceptors (Lipinski definition) is 6. The van der Waals surface area contributed by atoms with Crippen LogP contribution in [0.5, 0.6) is 0 Å². The Morgan fingerprint density at radius 2 is 0.977 bits per heavy atom.